The van der Waals surface area contributed by atoms with Crippen LogP contribution in [0.3, 0.4) is 0 Å². The van der Waals surface area contributed by atoms with Crippen molar-refractivity contribution in [1.82, 2.24) is 4.90 Å². The van der Waals surface area contributed by atoms with Crippen LogP contribution in [0.5, 0.6) is 11.5 Å². The molecule has 2 N–H and O–H groups in total. The normalized spacial score (nSPS) is 48.3. The maximum atomic E-state index is 12.0. The van der Waals surface area contributed by atoms with Gasteiger partial charge in [-0.05, 0) is 57.8 Å². The molecule has 4 aliphatic carbocycles. The molecule has 1 aromatic rings. The summed E-state index contributed by atoms with van der Waals surface area (Å²) in [7, 11) is -0.815. The Balaban J connectivity index is 1.68. The molecule has 0 amide bonds. The molecule has 1 saturated heterocycles. The molecule has 6 aliphatic rings. The lowest BCUT2D eigenvalue weighted by atomic mass is 9.36. The number of piperidine rings is 1. The minimum atomic E-state index is -2.87. The Hall–Kier alpha value is -1.56. The molecule has 0 aromatic heterocycles. The highest BCUT2D eigenvalue weighted by atomic mass is 16.6. The Kier molecular flexibility index (Phi) is 2.58. The van der Waals surface area contributed by atoms with Crippen LogP contribution in [0.15, 0.2) is 24.3 Å². The van der Waals surface area contributed by atoms with Crippen molar-refractivity contribution in [3.05, 3.63) is 35.4 Å². The number of aromatic hydroxyl groups is 1. The molecule has 1 unspecified atom stereocenters. The van der Waals surface area contributed by atoms with Crippen LogP contribution in [0.1, 0.15) is 58.8 Å². The van der Waals surface area contributed by atoms with Crippen molar-refractivity contribution < 1.29 is 27.9 Å². The lowest BCUT2D eigenvalue weighted by Gasteiger charge is -2.72. The number of hydrogen-bond donors (Lipinski definition) is 2. The van der Waals surface area contributed by atoms with Gasteiger partial charge in [-0.25, -0.2) is 0 Å². The Morgan fingerprint density at radius 1 is 1.40 bits per heavy atom. The first-order valence-electron chi connectivity index (χ1n) is 14.0. The van der Waals surface area contributed by atoms with Crippen LogP contribution in [-0.2, 0) is 16.6 Å². The number of hydrogen-bond acceptors (Lipinski definition) is 5. The Labute approximate surface area is 187 Å². The molecular weight excluding hydrogens is 378 g/mol. The number of likely N-dealkylation sites (N-methyl/N-ethyl adjacent to an activating group) is 1. The molecule has 2 fully saturated rings. The average molecular weight is 418 g/mol. The smallest absolute Gasteiger partial charge is 0.165 e. The summed E-state index contributed by atoms with van der Waals surface area (Å²) in [5, 5.41) is 22.9. The van der Waals surface area contributed by atoms with Crippen molar-refractivity contribution in [3.8, 4) is 11.5 Å². The van der Waals surface area contributed by atoms with Crippen LogP contribution in [-0.4, -0.2) is 59.1 Å². The van der Waals surface area contributed by atoms with E-state index in [1.54, 1.807) is 19.1 Å². The van der Waals surface area contributed by atoms with Gasteiger partial charge in [-0.3, -0.25) is 0 Å². The number of phenolic OH excluding ortho intramolecular Hbond substituents is 1. The van der Waals surface area contributed by atoms with Gasteiger partial charge in [0.25, 0.3) is 0 Å². The average Bonchev–Trinajstić information content (AvgIpc) is 3.14. The standard InChI is InChI=1S/C25H33NO4/c1-5-8-22(2,28)17-14-23-9-10-25(17,29-4)21-24(23)11-12-26(3)18(23)13-15-6-7-16(27)20(30-21)19(15)24/h6-7,9-10,17-18,21,27-28H,5,8,11-14H2,1-4H3/t17-,18-,21-,22?,23-,24+,25-/m1/s1/i2D3,4D3. The van der Waals surface area contributed by atoms with Crippen molar-refractivity contribution in [2.75, 3.05) is 20.6 Å². The predicted molar refractivity (Wildman–Crippen MR) is 114 cm³/mol. The molecule has 7 atom stereocenters. The third kappa shape index (κ3) is 1.80. The van der Waals surface area contributed by atoms with Gasteiger partial charge in [0.15, 0.2) is 11.5 Å². The predicted octanol–water partition coefficient (Wildman–Crippen LogP) is 3.16. The minimum absolute atomic E-state index is 0.00682. The van der Waals surface area contributed by atoms with Gasteiger partial charge in [0, 0.05) is 34.1 Å². The zero-order chi connectivity index (χ0) is 26.1. The summed E-state index contributed by atoms with van der Waals surface area (Å²) in [6, 6.07) is 3.51. The number of rotatable bonds is 4. The van der Waals surface area contributed by atoms with Gasteiger partial charge in [-0.2, -0.15) is 0 Å². The first-order valence-corrected chi connectivity index (χ1v) is 11.0. The first-order chi connectivity index (χ1) is 16.7. The summed E-state index contributed by atoms with van der Waals surface area (Å²) in [5.41, 5.74) is -3.30. The minimum Gasteiger partial charge on any atom is -0.504 e. The zero-order valence-electron chi connectivity index (χ0n) is 23.4. The topological polar surface area (TPSA) is 62.2 Å². The number of methoxy groups -OCH3 is 1. The molecule has 2 heterocycles. The fraction of sp³-hybridized carbons (Fsp3) is 0.680. The lowest BCUT2D eigenvalue weighted by molar-refractivity contribution is -0.247. The van der Waals surface area contributed by atoms with Crippen molar-refractivity contribution in [3.63, 3.8) is 0 Å². The molecule has 4 bridgehead atoms. The third-order valence-electron chi connectivity index (χ3n) is 9.10. The van der Waals surface area contributed by atoms with Gasteiger partial charge in [-0.15, -0.1) is 0 Å². The van der Waals surface area contributed by atoms with E-state index >= 15 is 0 Å². The van der Waals surface area contributed by atoms with E-state index in [-0.39, 0.29) is 24.6 Å². The fourth-order valence-electron chi connectivity index (χ4n) is 7.99. The van der Waals surface area contributed by atoms with E-state index < -0.39 is 47.9 Å². The second kappa shape index (κ2) is 5.62. The van der Waals surface area contributed by atoms with Crippen molar-refractivity contribution in [1.29, 1.82) is 0 Å². The van der Waals surface area contributed by atoms with Gasteiger partial charge in [0.1, 0.15) is 11.7 Å². The summed E-state index contributed by atoms with van der Waals surface area (Å²) in [6.45, 7) is -0.232. The Morgan fingerprint density at radius 3 is 3.03 bits per heavy atom. The van der Waals surface area contributed by atoms with E-state index in [0.717, 1.165) is 17.7 Å². The van der Waals surface area contributed by atoms with Crippen molar-refractivity contribution in [2.24, 2.45) is 11.3 Å². The van der Waals surface area contributed by atoms with Gasteiger partial charge >= 0.3 is 0 Å². The highest BCUT2D eigenvalue weighted by molar-refractivity contribution is 5.65. The number of phenols is 1. The molecule has 5 heteroatoms. The lowest BCUT2D eigenvalue weighted by Crippen LogP contribution is -2.80. The Morgan fingerprint density at radius 2 is 2.27 bits per heavy atom. The molecular formula is C25H33NO4. The van der Waals surface area contributed by atoms with E-state index in [9.17, 15) is 10.2 Å². The molecule has 2 spiro atoms. The molecule has 0 radical (unpaired) electrons. The van der Waals surface area contributed by atoms with Crippen LogP contribution in [0, 0.1) is 11.3 Å². The second-order valence-electron chi connectivity index (χ2n) is 10.1. The number of ether oxygens (including phenoxy) is 2. The number of benzene rings is 1. The number of fused-ring (bicyclic) bond motifs is 1. The van der Waals surface area contributed by atoms with E-state index in [1.165, 1.54) is 0 Å². The zero-order valence-corrected chi connectivity index (χ0v) is 17.4. The number of nitrogens with zero attached hydrogens (tertiary/aromatic N) is 1. The van der Waals surface area contributed by atoms with E-state index in [2.05, 4.69) is 11.9 Å². The number of likely N-dealkylation sites (tertiary alicyclic amines) is 1. The first kappa shape index (κ1) is 13.8. The molecule has 1 saturated carbocycles. The maximum Gasteiger partial charge on any atom is 0.165 e. The molecule has 5 nitrogen and oxygen atoms in total. The fourth-order valence-corrected chi connectivity index (χ4v) is 7.99. The molecule has 162 valence electrons. The summed E-state index contributed by atoms with van der Waals surface area (Å²) in [6.07, 6.45) is 4.74. The molecule has 2 aliphatic heterocycles. The summed E-state index contributed by atoms with van der Waals surface area (Å²) in [4.78, 5) is 2.29. The van der Waals surface area contributed by atoms with E-state index in [0.29, 0.717) is 25.0 Å². The van der Waals surface area contributed by atoms with Crippen LogP contribution >= 0.6 is 0 Å². The third-order valence-corrected chi connectivity index (χ3v) is 9.10. The molecule has 30 heavy (non-hydrogen) atoms. The van der Waals surface area contributed by atoms with Crippen molar-refractivity contribution in [2.45, 2.75) is 74.6 Å². The van der Waals surface area contributed by atoms with Crippen molar-refractivity contribution >= 4 is 0 Å². The van der Waals surface area contributed by atoms with Crippen LogP contribution in [0.4, 0.5) is 0 Å². The highest BCUT2D eigenvalue weighted by Crippen LogP contribution is 2.75. The van der Waals surface area contributed by atoms with E-state index in [4.69, 9.17) is 17.7 Å². The summed E-state index contributed by atoms with van der Waals surface area (Å²) in [5.74, 6) is -0.752. The van der Waals surface area contributed by atoms with Gasteiger partial charge < -0.3 is 24.6 Å². The maximum absolute atomic E-state index is 12.0. The van der Waals surface area contributed by atoms with Gasteiger partial charge in [-0.1, -0.05) is 31.6 Å². The summed E-state index contributed by atoms with van der Waals surface area (Å²) >= 11 is 0. The second-order valence-corrected chi connectivity index (χ2v) is 10.1. The largest absolute Gasteiger partial charge is 0.504 e. The summed E-state index contributed by atoms with van der Waals surface area (Å²) < 4.78 is 61.8. The van der Waals surface area contributed by atoms with Crippen LogP contribution in [0.25, 0.3) is 0 Å². The highest BCUT2D eigenvalue weighted by Gasteiger charge is 2.80. The van der Waals surface area contributed by atoms with Gasteiger partial charge in [0.05, 0.1) is 15.1 Å². The monoisotopic (exact) mass is 417 g/mol. The van der Waals surface area contributed by atoms with Crippen LogP contribution < -0.4 is 4.74 Å². The molecule has 7 rings (SSSR count). The van der Waals surface area contributed by atoms with Crippen LogP contribution in [0.2, 0.25) is 0 Å². The van der Waals surface area contributed by atoms with Gasteiger partial charge in [0.2, 0.25) is 0 Å². The van der Waals surface area contributed by atoms with E-state index in [1.807, 2.05) is 12.1 Å². The quantitative estimate of drug-likeness (QED) is 0.737. The molecule has 1 aromatic carbocycles. The number of aliphatic hydroxyl groups is 1. The SMILES string of the molecule is [2H]C([2H])([2H])O[C@]12C=C[C@@]3(C[C@@H]1C(O)(CCC)C([2H])([2H])[2H])[C@H]1Cc4ccc(O)c5c4[C@@]3(CCN1C)[C@H]2O5. The Bertz CT molecular complexity index is 1150.